The number of hydrogen-bond donors (Lipinski definition) is 1. The largest absolute Gasteiger partial charge is 0.497 e. The van der Waals surface area contributed by atoms with Crippen molar-refractivity contribution in [2.45, 2.75) is 32.6 Å². The van der Waals surface area contributed by atoms with Crippen LogP contribution in [-0.2, 0) is 0 Å². The molecule has 0 saturated carbocycles. The first-order chi connectivity index (χ1) is 12.7. The second-order valence-electron chi connectivity index (χ2n) is 6.32. The monoisotopic (exact) mass is 350 g/mol. The lowest BCUT2D eigenvalue weighted by atomic mass is 10.0. The Balaban J connectivity index is 2.09. The van der Waals surface area contributed by atoms with Crippen LogP contribution >= 0.6 is 0 Å². The Morgan fingerprint density at radius 2 is 1.31 bits per heavy atom. The van der Waals surface area contributed by atoms with Gasteiger partial charge in [0.15, 0.2) is 0 Å². The first-order valence-electron chi connectivity index (χ1n) is 9.08. The first kappa shape index (κ1) is 18.1. The van der Waals surface area contributed by atoms with Gasteiger partial charge in [-0.05, 0) is 61.4 Å². The average Bonchev–Trinajstić information content (AvgIpc) is 3.14. The molecule has 136 valence electrons. The molecule has 0 fully saturated rings. The number of nitrogens with one attached hydrogen (secondary N) is 1. The van der Waals surface area contributed by atoms with Gasteiger partial charge in [-0.2, -0.15) is 0 Å². The van der Waals surface area contributed by atoms with E-state index in [0.717, 1.165) is 52.7 Å². The van der Waals surface area contributed by atoms with Crippen molar-refractivity contribution in [2.24, 2.45) is 0 Å². The second kappa shape index (κ2) is 8.09. The van der Waals surface area contributed by atoms with Crippen LogP contribution in [-0.4, -0.2) is 24.2 Å². The highest BCUT2D eigenvalue weighted by Gasteiger charge is 2.18. The predicted octanol–water partition coefficient (Wildman–Crippen LogP) is 5.66. The van der Waals surface area contributed by atoms with Gasteiger partial charge in [-0.15, -0.1) is 0 Å². The maximum absolute atomic E-state index is 5.28. The molecule has 1 aromatic heterocycles. The van der Waals surface area contributed by atoms with E-state index < -0.39 is 0 Å². The molecule has 4 heteroatoms. The summed E-state index contributed by atoms with van der Waals surface area (Å²) in [5.74, 6) is 3.17. The van der Waals surface area contributed by atoms with Crippen LogP contribution in [0.1, 0.15) is 38.4 Å². The van der Waals surface area contributed by atoms with Crippen molar-refractivity contribution >= 4 is 0 Å². The van der Waals surface area contributed by atoms with Gasteiger partial charge in [0.2, 0.25) is 0 Å². The summed E-state index contributed by atoms with van der Waals surface area (Å²) < 4.78 is 10.6. The number of aromatic amines is 1. The van der Waals surface area contributed by atoms with Gasteiger partial charge in [-0.25, -0.2) is 4.98 Å². The minimum Gasteiger partial charge on any atom is -0.497 e. The van der Waals surface area contributed by atoms with Crippen molar-refractivity contribution in [3.8, 4) is 34.0 Å². The van der Waals surface area contributed by atoms with E-state index in [1.54, 1.807) is 14.2 Å². The molecule has 0 spiro atoms. The molecule has 26 heavy (non-hydrogen) atoms. The highest BCUT2D eigenvalue weighted by molar-refractivity contribution is 5.79. The van der Waals surface area contributed by atoms with Crippen molar-refractivity contribution in [3.63, 3.8) is 0 Å². The van der Waals surface area contributed by atoms with Gasteiger partial charge in [0.25, 0.3) is 0 Å². The van der Waals surface area contributed by atoms with Gasteiger partial charge < -0.3 is 14.5 Å². The van der Waals surface area contributed by atoms with E-state index >= 15 is 0 Å². The molecular weight excluding hydrogens is 324 g/mol. The van der Waals surface area contributed by atoms with Crippen molar-refractivity contribution in [2.75, 3.05) is 14.2 Å². The summed E-state index contributed by atoms with van der Waals surface area (Å²) in [5.41, 5.74) is 4.19. The fraction of sp³-hybridized carbons (Fsp3) is 0.318. The maximum Gasteiger partial charge on any atom is 0.118 e. The van der Waals surface area contributed by atoms with Crippen LogP contribution in [0.5, 0.6) is 11.5 Å². The number of nitrogens with zero attached hydrogens (tertiary/aromatic N) is 1. The standard InChI is InChI=1S/C22H26N2O2/c1-5-15(6-2)22-23-20(16-7-11-18(25-3)12-8-16)21(24-22)17-9-13-19(26-4)14-10-17/h7-15H,5-6H2,1-4H3,(H,23,24). The number of ether oxygens (including phenoxy) is 2. The minimum absolute atomic E-state index is 0.430. The molecular formula is C22H26N2O2. The molecule has 0 radical (unpaired) electrons. The Hall–Kier alpha value is -2.75. The lowest BCUT2D eigenvalue weighted by molar-refractivity contribution is 0.414. The molecule has 3 aromatic rings. The topological polar surface area (TPSA) is 47.1 Å². The van der Waals surface area contributed by atoms with Crippen LogP contribution in [0.25, 0.3) is 22.5 Å². The van der Waals surface area contributed by atoms with E-state index in [0.29, 0.717) is 5.92 Å². The summed E-state index contributed by atoms with van der Waals surface area (Å²) in [6.45, 7) is 4.41. The smallest absolute Gasteiger partial charge is 0.118 e. The summed E-state index contributed by atoms with van der Waals surface area (Å²) in [6, 6.07) is 16.1. The molecule has 3 rings (SSSR count). The van der Waals surface area contributed by atoms with E-state index in [4.69, 9.17) is 14.5 Å². The van der Waals surface area contributed by atoms with Crippen molar-refractivity contribution in [1.29, 1.82) is 0 Å². The number of aromatic nitrogens is 2. The van der Waals surface area contributed by atoms with Crippen LogP contribution in [0, 0.1) is 0 Å². The van der Waals surface area contributed by atoms with E-state index in [-0.39, 0.29) is 0 Å². The normalized spacial score (nSPS) is 11.0. The fourth-order valence-electron chi connectivity index (χ4n) is 3.18. The van der Waals surface area contributed by atoms with Gasteiger partial charge >= 0.3 is 0 Å². The first-order valence-corrected chi connectivity index (χ1v) is 9.08. The Morgan fingerprint density at radius 1 is 0.808 bits per heavy atom. The van der Waals surface area contributed by atoms with Gasteiger partial charge in [0.05, 0.1) is 25.6 Å². The van der Waals surface area contributed by atoms with E-state index in [2.05, 4.69) is 43.1 Å². The van der Waals surface area contributed by atoms with Crippen LogP contribution in [0.4, 0.5) is 0 Å². The lowest BCUT2D eigenvalue weighted by Gasteiger charge is -2.07. The molecule has 1 N–H and O–H groups in total. The van der Waals surface area contributed by atoms with Gasteiger partial charge in [-0.1, -0.05) is 13.8 Å². The molecule has 0 aliphatic carbocycles. The third-order valence-electron chi connectivity index (χ3n) is 4.84. The molecule has 0 aliphatic rings. The zero-order valence-electron chi connectivity index (χ0n) is 15.9. The van der Waals surface area contributed by atoms with E-state index in [9.17, 15) is 0 Å². The molecule has 0 bridgehead atoms. The molecule has 4 nitrogen and oxygen atoms in total. The highest BCUT2D eigenvalue weighted by Crippen LogP contribution is 2.34. The molecule has 0 amide bonds. The Kier molecular flexibility index (Phi) is 5.61. The summed E-state index contributed by atoms with van der Waals surface area (Å²) in [4.78, 5) is 8.55. The Bertz CT molecular complexity index is 767. The zero-order chi connectivity index (χ0) is 18.5. The van der Waals surface area contributed by atoms with Gasteiger partial charge in [0.1, 0.15) is 17.3 Å². The van der Waals surface area contributed by atoms with Crippen molar-refractivity contribution < 1.29 is 9.47 Å². The number of imidazole rings is 1. The Labute approximate surface area is 155 Å². The number of benzene rings is 2. The average molecular weight is 350 g/mol. The predicted molar refractivity (Wildman–Crippen MR) is 106 cm³/mol. The highest BCUT2D eigenvalue weighted by atomic mass is 16.5. The summed E-state index contributed by atoms with van der Waals surface area (Å²) >= 11 is 0. The lowest BCUT2D eigenvalue weighted by Crippen LogP contribution is -1.97. The fourth-order valence-corrected chi connectivity index (χ4v) is 3.18. The van der Waals surface area contributed by atoms with Crippen LogP contribution in [0.3, 0.4) is 0 Å². The third kappa shape index (κ3) is 3.59. The van der Waals surface area contributed by atoms with Crippen molar-refractivity contribution in [1.82, 2.24) is 9.97 Å². The quantitative estimate of drug-likeness (QED) is 0.597. The molecule has 0 atom stereocenters. The summed E-state index contributed by atoms with van der Waals surface area (Å²) in [5, 5.41) is 0. The summed E-state index contributed by atoms with van der Waals surface area (Å²) in [7, 11) is 3.36. The zero-order valence-corrected chi connectivity index (χ0v) is 15.9. The molecule has 0 aliphatic heterocycles. The van der Waals surface area contributed by atoms with E-state index in [1.807, 2.05) is 24.3 Å². The van der Waals surface area contributed by atoms with Crippen LogP contribution in [0.15, 0.2) is 48.5 Å². The second-order valence-corrected chi connectivity index (χ2v) is 6.32. The van der Waals surface area contributed by atoms with Gasteiger partial charge in [-0.3, -0.25) is 0 Å². The third-order valence-corrected chi connectivity index (χ3v) is 4.84. The SMILES string of the molecule is CCC(CC)c1nc(-c2ccc(OC)cc2)c(-c2ccc(OC)cc2)[nH]1. The molecule has 0 saturated heterocycles. The number of rotatable bonds is 7. The van der Waals surface area contributed by atoms with Gasteiger partial charge in [0, 0.05) is 17.0 Å². The van der Waals surface area contributed by atoms with Crippen molar-refractivity contribution in [3.05, 3.63) is 54.4 Å². The van der Waals surface area contributed by atoms with Crippen LogP contribution < -0.4 is 9.47 Å². The number of hydrogen-bond acceptors (Lipinski definition) is 3. The number of methoxy groups -OCH3 is 2. The van der Waals surface area contributed by atoms with Crippen LogP contribution in [0.2, 0.25) is 0 Å². The molecule has 2 aromatic carbocycles. The number of H-pyrrole nitrogens is 1. The summed E-state index contributed by atoms with van der Waals surface area (Å²) in [6.07, 6.45) is 2.13. The molecule has 1 heterocycles. The molecule has 0 unspecified atom stereocenters. The maximum atomic E-state index is 5.28. The Morgan fingerprint density at radius 3 is 1.77 bits per heavy atom. The minimum atomic E-state index is 0.430. The van der Waals surface area contributed by atoms with E-state index in [1.165, 1.54) is 0 Å².